The van der Waals surface area contributed by atoms with Gasteiger partial charge in [0.2, 0.25) is 0 Å². The van der Waals surface area contributed by atoms with Crippen molar-refractivity contribution in [3.8, 4) is 0 Å². The Morgan fingerprint density at radius 1 is 0.909 bits per heavy atom. The molecular weight excluding hydrogens is 272 g/mol. The smallest absolute Gasteiger partial charge is 0.0847 e. The molecule has 2 nitrogen and oxygen atoms in total. The van der Waals surface area contributed by atoms with E-state index in [1.165, 1.54) is 44.9 Å². The lowest BCUT2D eigenvalue weighted by atomic mass is 9.44. The van der Waals surface area contributed by atoms with E-state index in [9.17, 15) is 5.11 Å². The van der Waals surface area contributed by atoms with Crippen molar-refractivity contribution in [1.82, 2.24) is 0 Å². The summed E-state index contributed by atoms with van der Waals surface area (Å²) in [6, 6.07) is 0. The molecule has 5 fully saturated rings. The molecule has 0 aromatic heterocycles. The predicted octanol–water partition coefficient (Wildman–Crippen LogP) is 4.16. The van der Waals surface area contributed by atoms with Gasteiger partial charge in [0.05, 0.1) is 17.8 Å². The molecular formula is C20H32O2. The monoisotopic (exact) mass is 304 g/mol. The number of epoxide rings is 1. The van der Waals surface area contributed by atoms with E-state index in [1.807, 2.05) is 0 Å². The van der Waals surface area contributed by atoms with E-state index < -0.39 is 5.60 Å². The predicted molar refractivity (Wildman–Crippen MR) is 86.4 cm³/mol. The van der Waals surface area contributed by atoms with Crippen molar-refractivity contribution in [2.24, 2.45) is 34.5 Å². The van der Waals surface area contributed by atoms with Crippen LogP contribution in [0.2, 0.25) is 0 Å². The van der Waals surface area contributed by atoms with Crippen LogP contribution in [0.1, 0.15) is 72.1 Å². The Kier molecular flexibility index (Phi) is 2.67. The van der Waals surface area contributed by atoms with Crippen molar-refractivity contribution in [2.45, 2.75) is 89.9 Å². The number of aliphatic hydroxyl groups is 1. The van der Waals surface area contributed by atoms with E-state index in [0.717, 1.165) is 30.1 Å². The first-order valence-corrected chi connectivity index (χ1v) is 9.73. The minimum absolute atomic E-state index is 0.171. The lowest BCUT2D eigenvalue weighted by Gasteiger charge is -2.60. The van der Waals surface area contributed by atoms with E-state index in [2.05, 4.69) is 20.8 Å². The number of ether oxygens (including phenoxy) is 1. The Morgan fingerprint density at radius 2 is 1.68 bits per heavy atom. The van der Waals surface area contributed by atoms with Gasteiger partial charge < -0.3 is 9.84 Å². The molecule has 1 heterocycles. The minimum atomic E-state index is -0.433. The highest BCUT2D eigenvalue weighted by atomic mass is 16.6. The summed E-state index contributed by atoms with van der Waals surface area (Å²) in [7, 11) is 0. The van der Waals surface area contributed by atoms with Gasteiger partial charge in [0.1, 0.15) is 0 Å². The molecule has 0 bridgehead atoms. The van der Waals surface area contributed by atoms with Gasteiger partial charge in [-0.05, 0) is 92.8 Å². The highest BCUT2D eigenvalue weighted by Gasteiger charge is 2.65. The molecule has 1 unspecified atom stereocenters. The van der Waals surface area contributed by atoms with Gasteiger partial charge in [-0.2, -0.15) is 0 Å². The second kappa shape index (κ2) is 4.11. The Hall–Kier alpha value is -0.0800. The van der Waals surface area contributed by atoms with Crippen LogP contribution in [-0.4, -0.2) is 22.9 Å². The normalized spacial score (nSPS) is 66.0. The minimum Gasteiger partial charge on any atom is -0.390 e. The maximum absolute atomic E-state index is 11.0. The van der Waals surface area contributed by atoms with E-state index >= 15 is 0 Å². The van der Waals surface area contributed by atoms with Crippen molar-refractivity contribution in [3.05, 3.63) is 0 Å². The van der Waals surface area contributed by atoms with Gasteiger partial charge in [-0.3, -0.25) is 0 Å². The molecule has 124 valence electrons. The number of hydrogen-bond donors (Lipinski definition) is 1. The lowest BCUT2D eigenvalue weighted by molar-refractivity contribution is -0.143. The van der Waals surface area contributed by atoms with Crippen LogP contribution in [0.4, 0.5) is 0 Å². The maximum Gasteiger partial charge on any atom is 0.0847 e. The molecule has 0 amide bonds. The van der Waals surface area contributed by atoms with Crippen LogP contribution in [0.15, 0.2) is 0 Å². The fourth-order valence-corrected chi connectivity index (χ4v) is 7.76. The van der Waals surface area contributed by atoms with Gasteiger partial charge in [-0.15, -0.1) is 0 Å². The standard InChI is InChI=1S/C20H32O2/c1-18-11-17-16(22-17)10-12(18)4-5-13-14(18)6-8-19(2)15(13)7-9-20(19,3)21/h12-17,21H,4-11H2,1-3H3/t12?,13-,14+,15+,16-,17+,18+,19+,20+/m1/s1. The number of hydrogen-bond acceptors (Lipinski definition) is 2. The first kappa shape index (κ1) is 14.3. The summed E-state index contributed by atoms with van der Waals surface area (Å²) in [5, 5.41) is 11.0. The highest BCUT2D eigenvalue weighted by Crippen LogP contribution is 2.69. The van der Waals surface area contributed by atoms with Gasteiger partial charge in [0, 0.05) is 0 Å². The average molecular weight is 304 g/mol. The maximum atomic E-state index is 11.0. The molecule has 4 aliphatic carbocycles. The Bertz CT molecular complexity index is 500. The Morgan fingerprint density at radius 3 is 2.50 bits per heavy atom. The molecule has 9 atom stereocenters. The van der Waals surface area contributed by atoms with E-state index in [1.54, 1.807) is 0 Å². The topological polar surface area (TPSA) is 32.8 Å². The van der Waals surface area contributed by atoms with Crippen LogP contribution in [-0.2, 0) is 4.74 Å². The molecule has 5 aliphatic rings. The van der Waals surface area contributed by atoms with E-state index in [0.29, 0.717) is 17.6 Å². The summed E-state index contributed by atoms with van der Waals surface area (Å²) in [5.41, 5.74) is 0.263. The average Bonchev–Trinajstić information content (AvgIpc) is 3.14. The zero-order chi connectivity index (χ0) is 15.3. The van der Waals surface area contributed by atoms with Gasteiger partial charge in [-0.25, -0.2) is 0 Å². The van der Waals surface area contributed by atoms with Crippen LogP contribution in [0.3, 0.4) is 0 Å². The van der Waals surface area contributed by atoms with Crippen LogP contribution in [0.25, 0.3) is 0 Å². The van der Waals surface area contributed by atoms with Crippen LogP contribution in [0.5, 0.6) is 0 Å². The molecule has 0 radical (unpaired) electrons. The van der Waals surface area contributed by atoms with Gasteiger partial charge >= 0.3 is 0 Å². The van der Waals surface area contributed by atoms with Crippen molar-refractivity contribution < 1.29 is 9.84 Å². The molecule has 0 aromatic carbocycles. The SMILES string of the molecule is C[C@]12C[C@@H]3O[C@@H]3CC1CC[C@@H]1[C@@H]2CC[C@@]2(C)[C@H]1CC[C@]2(C)O. The van der Waals surface area contributed by atoms with Crippen LogP contribution >= 0.6 is 0 Å². The van der Waals surface area contributed by atoms with Crippen LogP contribution in [0, 0.1) is 34.5 Å². The van der Waals surface area contributed by atoms with Crippen molar-refractivity contribution in [2.75, 3.05) is 0 Å². The molecule has 22 heavy (non-hydrogen) atoms. The van der Waals surface area contributed by atoms with Crippen LogP contribution < -0.4 is 0 Å². The summed E-state index contributed by atoms with van der Waals surface area (Å²) in [5.74, 6) is 3.42. The van der Waals surface area contributed by atoms with E-state index in [-0.39, 0.29) is 5.41 Å². The van der Waals surface area contributed by atoms with Gasteiger partial charge in [-0.1, -0.05) is 13.8 Å². The molecule has 5 rings (SSSR count). The summed E-state index contributed by atoms with van der Waals surface area (Å²) >= 11 is 0. The second-order valence-corrected chi connectivity index (χ2v) is 10.1. The Balaban J connectivity index is 1.48. The molecule has 0 spiro atoms. The third kappa shape index (κ3) is 1.59. The van der Waals surface area contributed by atoms with Gasteiger partial charge in [0.15, 0.2) is 0 Å². The van der Waals surface area contributed by atoms with Crippen molar-refractivity contribution >= 4 is 0 Å². The first-order chi connectivity index (χ1) is 10.4. The summed E-state index contributed by atoms with van der Waals surface area (Å²) < 4.78 is 5.91. The van der Waals surface area contributed by atoms with Crippen molar-refractivity contribution in [3.63, 3.8) is 0 Å². The molecule has 0 aromatic rings. The number of rotatable bonds is 0. The lowest BCUT2D eigenvalue weighted by Crippen LogP contribution is -2.56. The molecule has 4 saturated carbocycles. The summed E-state index contributed by atoms with van der Waals surface area (Å²) in [6.07, 6.45) is 11.6. The Labute approximate surface area is 135 Å². The summed E-state index contributed by atoms with van der Waals surface area (Å²) in [4.78, 5) is 0. The zero-order valence-corrected chi connectivity index (χ0v) is 14.5. The second-order valence-electron chi connectivity index (χ2n) is 10.1. The van der Waals surface area contributed by atoms with Gasteiger partial charge in [0.25, 0.3) is 0 Å². The van der Waals surface area contributed by atoms with E-state index in [4.69, 9.17) is 4.74 Å². The quantitative estimate of drug-likeness (QED) is 0.682. The summed E-state index contributed by atoms with van der Waals surface area (Å²) in [6.45, 7) is 7.11. The molecule has 2 heteroatoms. The zero-order valence-electron chi connectivity index (χ0n) is 14.5. The molecule has 1 aliphatic heterocycles. The van der Waals surface area contributed by atoms with Crippen molar-refractivity contribution in [1.29, 1.82) is 0 Å². The highest BCUT2D eigenvalue weighted by molar-refractivity contribution is 5.14. The third-order valence-electron chi connectivity index (χ3n) is 9.47. The molecule has 1 saturated heterocycles. The fraction of sp³-hybridized carbons (Fsp3) is 1.00. The third-order valence-corrected chi connectivity index (χ3v) is 9.47. The number of fused-ring (bicyclic) bond motifs is 6. The fourth-order valence-electron chi connectivity index (χ4n) is 7.76. The largest absolute Gasteiger partial charge is 0.390 e. The molecule has 1 N–H and O–H groups in total. The first-order valence-electron chi connectivity index (χ1n) is 9.73.